The average Bonchev–Trinajstić information content (AvgIpc) is 2.62. The molecule has 1 aliphatic heterocycles. The number of carbonyl (C=O) groups is 1. The molecule has 26 heavy (non-hydrogen) atoms. The number of hydrogen-bond acceptors (Lipinski definition) is 5. The van der Waals surface area contributed by atoms with Gasteiger partial charge in [-0.2, -0.15) is 5.06 Å². The molecule has 0 aromatic rings. The first kappa shape index (κ1) is 22.3. The molecule has 0 aromatic heterocycles. The number of allylic oxidation sites excluding steroid dienone is 4. The minimum atomic E-state index is -3.55. The van der Waals surface area contributed by atoms with E-state index in [1.165, 1.54) is 30.3 Å². The van der Waals surface area contributed by atoms with Crippen LogP contribution in [-0.4, -0.2) is 62.2 Å². The summed E-state index contributed by atoms with van der Waals surface area (Å²) in [6, 6.07) is 0.0915. The molecule has 146 valence electrons. The summed E-state index contributed by atoms with van der Waals surface area (Å²) in [6.07, 6.45) is 9.80. The van der Waals surface area contributed by atoms with Gasteiger partial charge in [0, 0.05) is 32.1 Å². The van der Waals surface area contributed by atoms with Crippen LogP contribution in [0, 0.1) is 0 Å². The second-order valence-corrected chi connectivity index (χ2v) is 7.86. The molecular formula is C18H29N3O4S. The van der Waals surface area contributed by atoms with Gasteiger partial charge >= 0.3 is 0 Å². The van der Waals surface area contributed by atoms with Gasteiger partial charge in [-0.3, -0.25) is 4.79 Å². The van der Waals surface area contributed by atoms with Gasteiger partial charge in [-0.05, 0) is 38.5 Å². The van der Waals surface area contributed by atoms with E-state index in [-0.39, 0.29) is 23.3 Å². The van der Waals surface area contributed by atoms with Crippen molar-refractivity contribution in [3.05, 3.63) is 48.4 Å². The first-order valence-electron chi connectivity index (χ1n) is 8.62. The van der Waals surface area contributed by atoms with Crippen LogP contribution in [0.25, 0.3) is 0 Å². The monoisotopic (exact) mass is 383 g/mol. The van der Waals surface area contributed by atoms with Gasteiger partial charge < -0.3 is 10.1 Å². The van der Waals surface area contributed by atoms with E-state index < -0.39 is 10.0 Å². The molecule has 1 fully saturated rings. The molecule has 2 N–H and O–H groups in total. The Bertz CT molecular complexity index is 647. The third kappa shape index (κ3) is 6.87. The van der Waals surface area contributed by atoms with Crippen LogP contribution in [0.1, 0.15) is 25.7 Å². The minimum Gasteiger partial charge on any atom is -0.336 e. The quantitative estimate of drug-likeness (QED) is 0.444. The summed E-state index contributed by atoms with van der Waals surface area (Å²) in [5.74, 6) is -0.00309. The Morgan fingerprint density at radius 3 is 2.54 bits per heavy atom. The lowest BCUT2D eigenvalue weighted by molar-refractivity contribution is -0.140. The zero-order chi connectivity index (χ0) is 19.6. The fourth-order valence-corrected chi connectivity index (χ4v) is 3.56. The molecule has 0 atom stereocenters. The Hall–Kier alpha value is -1.74. The lowest BCUT2D eigenvalue weighted by atomic mass is 10.0. The van der Waals surface area contributed by atoms with Crippen molar-refractivity contribution in [1.29, 1.82) is 0 Å². The zero-order valence-electron chi connectivity index (χ0n) is 15.3. The lowest BCUT2D eigenvalue weighted by Gasteiger charge is -2.36. The van der Waals surface area contributed by atoms with Gasteiger partial charge in [0.1, 0.15) is 0 Å². The number of rotatable bonds is 10. The highest BCUT2D eigenvalue weighted by Crippen LogP contribution is 2.17. The standard InChI is InChI=1S/C18H29N3O4S/c1-4-8-17(26(24,25)19-3)9-6-7-10-18(22)21(13-5-2)16-11-14-20(23)15-12-16/h4-6,8-9,16,19,23H,1-2,7,10-15H2,3H3/b9-6-,17-8+. The van der Waals surface area contributed by atoms with Gasteiger partial charge in [0.05, 0.1) is 4.91 Å². The fourth-order valence-electron chi connectivity index (χ4n) is 2.78. The normalized spacial score (nSPS) is 17.4. The molecule has 0 aliphatic carbocycles. The van der Waals surface area contributed by atoms with Crippen molar-refractivity contribution < 1.29 is 18.4 Å². The summed E-state index contributed by atoms with van der Waals surface area (Å²) >= 11 is 0. The Balaban J connectivity index is 2.65. The first-order valence-corrected chi connectivity index (χ1v) is 10.1. The van der Waals surface area contributed by atoms with E-state index in [0.29, 0.717) is 26.1 Å². The van der Waals surface area contributed by atoms with Crippen LogP contribution in [0.4, 0.5) is 0 Å². The number of piperidine rings is 1. The largest absolute Gasteiger partial charge is 0.336 e. The van der Waals surface area contributed by atoms with Crippen LogP contribution < -0.4 is 4.72 Å². The zero-order valence-corrected chi connectivity index (χ0v) is 16.1. The van der Waals surface area contributed by atoms with Gasteiger partial charge in [0.15, 0.2) is 0 Å². The van der Waals surface area contributed by atoms with Crippen LogP contribution >= 0.6 is 0 Å². The molecule has 0 spiro atoms. The molecule has 0 radical (unpaired) electrons. The SMILES string of the molecule is C=C/C=C(\C=C/CCC(=O)N(CC=C)C1CCN(O)CC1)S(=O)(=O)NC. The van der Waals surface area contributed by atoms with Crippen LogP contribution in [-0.2, 0) is 14.8 Å². The maximum atomic E-state index is 12.5. The van der Waals surface area contributed by atoms with Crippen molar-refractivity contribution in [2.24, 2.45) is 0 Å². The molecule has 1 rings (SSSR count). The van der Waals surface area contributed by atoms with E-state index in [0.717, 1.165) is 12.8 Å². The van der Waals surface area contributed by atoms with Gasteiger partial charge in [-0.25, -0.2) is 13.1 Å². The molecule has 0 aromatic carbocycles. The third-order valence-electron chi connectivity index (χ3n) is 4.20. The summed E-state index contributed by atoms with van der Waals surface area (Å²) in [7, 11) is -2.21. The summed E-state index contributed by atoms with van der Waals surface area (Å²) in [5.41, 5.74) is 0. The highest BCUT2D eigenvalue weighted by atomic mass is 32.2. The number of hydrogen-bond donors (Lipinski definition) is 2. The highest BCUT2D eigenvalue weighted by molar-refractivity contribution is 7.93. The second-order valence-electron chi connectivity index (χ2n) is 5.97. The van der Waals surface area contributed by atoms with Crippen molar-refractivity contribution in [1.82, 2.24) is 14.7 Å². The third-order valence-corrected chi connectivity index (χ3v) is 5.63. The summed E-state index contributed by atoms with van der Waals surface area (Å²) in [6.45, 7) is 8.78. The van der Waals surface area contributed by atoms with Crippen LogP contribution in [0.15, 0.2) is 48.4 Å². The maximum absolute atomic E-state index is 12.5. The summed E-state index contributed by atoms with van der Waals surface area (Å²) in [4.78, 5) is 14.4. The van der Waals surface area contributed by atoms with Crippen molar-refractivity contribution in [2.75, 3.05) is 26.7 Å². The molecule has 0 saturated carbocycles. The van der Waals surface area contributed by atoms with E-state index in [9.17, 15) is 18.4 Å². The van der Waals surface area contributed by atoms with E-state index in [2.05, 4.69) is 17.9 Å². The maximum Gasteiger partial charge on any atom is 0.240 e. The number of nitrogens with zero attached hydrogens (tertiary/aromatic N) is 2. The first-order chi connectivity index (χ1) is 12.4. The van der Waals surface area contributed by atoms with Crippen molar-refractivity contribution in [3.8, 4) is 0 Å². The summed E-state index contributed by atoms with van der Waals surface area (Å²) in [5, 5.41) is 10.7. The molecule has 1 heterocycles. The van der Waals surface area contributed by atoms with Gasteiger partial charge in [0.25, 0.3) is 0 Å². The van der Waals surface area contributed by atoms with Crippen molar-refractivity contribution in [3.63, 3.8) is 0 Å². The van der Waals surface area contributed by atoms with Crippen molar-refractivity contribution in [2.45, 2.75) is 31.7 Å². The molecule has 1 saturated heterocycles. The number of sulfonamides is 1. The number of hydroxylamine groups is 2. The molecule has 7 nitrogen and oxygen atoms in total. The average molecular weight is 384 g/mol. The predicted molar refractivity (Wildman–Crippen MR) is 103 cm³/mol. The molecule has 1 amide bonds. The van der Waals surface area contributed by atoms with Gasteiger partial charge in [-0.15, -0.1) is 6.58 Å². The topological polar surface area (TPSA) is 90.0 Å². The minimum absolute atomic E-state index is 0.00309. The second kappa shape index (κ2) is 11.1. The Morgan fingerprint density at radius 2 is 2.00 bits per heavy atom. The van der Waals surface area contributed by atoms with Gasteiger partial charge in [-0.1, -0.05) is 24.8 Å². The van der Waals surface area contributed by atoms with E-state index in [1.807, 2.05) is 0 Å². The molecular weight excluding hydrogens is 354 g/mol. The van der Waals surface area contributed by atoms with Gasteiger partial charge in [0.2, 0.25) is 15.9 Å². The smallest absolute Gasteiger partial charge is 0.240 e. The van der Waals surface area contributed by atoms with E-state index in [4.69, 9.17) is 0 Å². The lowest BCUT2D eigenvalue weighted by Crippen LogP contribution is -2.46. The number of amides is 1. The summed E-state index contributed by atoms with van der Waals surface area (Å²) < 4.78 is 26.0. The fraction of sp³-hybridized carbons (Fsp3) is 0.500. The predicted octanol–water partition coefficient (Wildman–Crippen LogP) is 1.81. The highest BCUT2D eigenvalue weighted by Gasteiger charge is 2.26. The van der Waals surface area contributed by atoms with E-state index in [1.54, 1.807) is 17.1 Å². The van der Waals surface area contributed by atoms with Crippen LogP contribution in [0.2, 0.25) is 0 Å². The van der Waals surface area contributed by atoms with Crippen LogP contribution in [0.5, 0.6) is 0 Å². The Kier molecular flexibility index (Phi) is 9.50. The molecule has 0 bridgehead atoms. The van der Waals surface area contributed by atoms with E-state index >= 15 is 0 Å². The van der Waals surface area contributed by atoms with Crippen LogP contribution in [0.3, 0.4) is 0 Å². The molecule has 0 unspecified atom stereocenters. The molecule has 1 aliphatic rings. The Labute approximate surface area is 156 Å². The number of carbonyl (C=O) groups excluding carboxylic acids is 1. The molecule has 8 heteroatoms. The number of nitrogens with one attached hydrogen (secondary N) is 1. The van der Waals surface area contributed by atoms with Crippen molar-refractivity contribution >= 4 is 15.9 Å². The Morgan fingerprint density at radius 1 is 1.35 bits per heavy atom.